The predicted octanol–water partition coefficient (Wildman–Crippen LogP) is 5.56. The molecule has 5 aromatic rings. The molecule has 2 aromatic heterocycles. The molecule has 1 N–H and O–H groups in total. The fourth-order valence-electron chi connectivity index (χ4n) is 4.76. The lowest BCUT2D eigenvalue weighted by Gasteiger charge is -2.32. The second kappa shape index (κ2) is 9.68. The number of anilines is 1. The molecule has 6 nitrogen and oxygen atoms in total. The van der Waals surface area contributed by atoms with Crippen LogP contribution in [0.1, 0.15) is 18.4 Å². The maximum atomic E-state index is 4.95. The van der Waals surface area contributed by atoms with Gasteiger partial charge in [0.15, 0.2) is 22.8 Å². The monoisotopic (exact) mass is 460 g/mol. The van der Waals surface area contributed by atoms with Crippen LogP contribution in [-0.4, -0.2) is 43.6 Å². The Morgan fingerprint density at radius 3 is 2.14 bits per heavy atom. The van der Waals surface area contributed by atoms with Crippen molar-refractivity contribution in [2.45, 2.75) is 25.4 Å². The largest absolute Gasteiger partial charge is 0.365 e. The van der Waals surface area contributed by atoms with Crippen LogP contribution in [0.25, 0.3) is 28.2 Å². The van der Waals surface area contributed by atoms with Crippen LogP contribution in [0.15, 0.2) is 97.3 Å². The molecular formula is C29H28N6. The first kappa shape index (κ1) is 21.5. The molecule has 3 heterocycles. The fourth-order valence-corrected chi connectivity index (χ4v) is 4.76. The first-order valence-electron chi connectivity index (χ1n) is 12.2. The average molecular weight is 461 g/mol. The molecule has 0 bridgehead atoms. The van der Waals surface area contributed by atoms with Crippen LogP contribution < -0.4 is 5.32 Å². The van der Waals surface area contributed by atoms with Crippen molar-refractivity contribution >= 4 is 17.0 Å². The molecule has 3 aromatic carbocycles. The molecule has 1 aliphatic rings. The van der Waals surface area contributed by atoms with Crippen LogP contribution in [0.3, 0.4) is 0 Å². The van der Waals surface area contributed by atoms with Crippen molar-refractivity contribution in [3.05, 3.63) is 103 Å². The maximum absolute atomic E-state index is 4.95. The Bertz CT molecular complexity index is 1390. The van der Waals surface area contributed by atoms with Crippen LogP contribution in [0.5, 0.6) is 0 Å². The van der Waals surface area contributed by atoms with Gasteiger partial charge in [0, 0.05) is 36.9 Å². The molecule has 174 valence electrons. The molecule has 0 aliphatic carbocycles. The summed E-state index contributed by atoms with van der Waals surface area (Å²) in [6.07, 6.45) is 3.98. The zero-order chi connectivity index (χ0) is 23.5. The average Bonchev–Trinajstić information content (AvgIpc) is 3.36. The highest BCUT2D eigenvalue weighted by atomic mass is 15.2. The molecule has 6 rings (SSSR count). The summed E-state index contributed by atoms with van der Waals surface area (Å²) < 4.78 is 2.04. The van der Waals surface area contributed by atoms with E-state index in [0.29, 0.717) is 11.9 Å². The number of hydrogen-bond donors (Lipinski definition) is 1. The Hall–Kier alpha value is -4.03. The van der Waals surface area contributed by atoms with Gasteiger partial charge >= 0.3 is 0 Å². The number of benzene rings is 3. The number of fused-ring (bicyclic) bond motifs is 1. The van der Waals surface area contributed by atoms with E-state index in [-0.39, 0.29) is 0 Å². The minimum atomic E-state index is 0.352. The van der Waals surface area contributed by atoms with Crippen LogP contribution in [-0.2, 0) is 6.54 Å². The summed E-state index contributed by atoms with van der Waals surface area (Å²) in [4.78, 5) is 17.1. The molecule has 6 heteroatoms. The summed E-state index contributed by atoms with van der Waals surface area (Å²) in [5.74, 6) is 1.52. The van der Waals surface area contributed by atoms with Crippen LogP contribution in [0.4, 0.5) is 5.82 Å². The van der Waals surface area contributed by atoms with Crippen molar-refractivity contribution in [2.75, 3.05) is 18.4 Å². The van der Waals surface area contributed by atoms with Crippen molar-refractivity contribution in [3.63, 3.8) is 0 Å². The molecule has 35 heavy (non-hydrogen) atoms. The van der Waals surface area contributed by atoms with Gasteiger partial charge in [0.25, 0.3) is 0 Å². The van der Waals surface area contributed by atoms with Crippen molar-refractivity contribution in [1.82, 2.24) is 24.4 Å². The SMILES string of the molecule is c1ccc(CN2CCC(Nc3nc(-c4ccccc4)nc4c3ncn4-c3ccccc3)CC2)cc1. The van der Waals surface area contributed by atoms with Crippen LogP contribution in [0, 0.1) is 0 Å². The first-order valence-corrected chi connectivity index (χ1v) is 12.2. The van der Waals surface area contributed by atoms with Gasteiger partial charge in [-0.3, -0.25) is 9.47 Å². The van der Waals surface area contributed by atoms with Crippen molar-refractivity contribution in [1.29, 1.82) is 0 Å². The van der Waals surface area contributed by atoms with E-state index in [0.717, 1.165) is 60.7 Å². The van der Waals surface area contributed by atoms with Crippen molar-refractivity contribution < 1.29 is 0 Å². The van der Waals surface area contributed by atoms with E-state index in [1.54, 1.807) is 0 Å². The van der Waals surface area contributed by atoms with E-state index >= 15 is 0 Å². The third-order valence-corrected chi connectivity index (χ3v) is 6.64. The van der Waals surface area contributed by atoms with Gasteiger partial charge < -0.3 is 5.32 Å². The highest BCUT2D eigenvalue weighted by molar-refractivity contribution is 5.86. The minimum absolute atomic E-state index is 0.352. The van der Waals surface area contributed by atoms with Crippen molar-refractivity contribution in [3.8, 4) is 17.1 Å². The number of piperidine rings is 1. The molecule has 1 fully saturated rings. The molecular weight excluding hydrogens is 432 g/mol. The minimum Gasteiger partial charge on any atom is -0.365 e. The van der Waals surface area contributed by atoms with E-state index < -0.39 is 0 Å². The highest BCUT2D eigenvalue weighted by Crippen LogP contribution is 2.28. The van der Waals surface area contributed by atoms with Gasteiger partial charge in [-0.05, 0) is 30.5 Å². The summed E-state index contributed by atoms with van der Waals surface area (Å²) in [5, 5.41) is 3.73. The normalized spacial score (nSPS) is 14.9. The number of nitrogens with one attached hydrogen (secondary N) is 1. The smallest absolute Gasteiger partial charge is 0.170 e. The number of imidazole rings is 1. The van der Waals surface area contributed by atoms with Gasteiger partial charge in [-0.25, -0.2) is 15.0 Å². The Labute approximate surface area is 205 Å². The number of nitrogens with zero attached hydrogens (tertiary/aromatic N) is 5. The summed E-state index contributed by atoms with van der Waals surface area (Å²) >= 11 is 0. The van der Waals surface area contributed by atoms with E-state index in [1.807, 2.05) is 47.3 Å². The van der Waals surface area contributed by atoms with Gasteiger partial charge in [0.2, 0.25) is 0 Å². The van der Waals surface area contributed by atoms with E-state index in [1.165, 1.54) is 5.56 Å². The number of rotatable bonds is 6. The Morgan fingerprint density at radius 1 is 0.771 bits per heavy atom. The highest BCUT2D eigenvalue weighted by Gasteiger charge is 2.22. The summed E-state index contributed by atoms with van der Waals surface area (Å²) in [5.41, 5.74) is 5.02. The molecule has 0 unspecified atom stereocenters. The van der Waals surface area contributed by atoms with Gasteiger partial charge in [0.1, 0.15) is 6.33 Å². The van der Waals surface area contributed by atoms with E-state index in [4.69, 9.17) is 15.0 Å². The Balaban J connectivity index is 1.28. The van der Waals surface area contributed by atoms with Crippen LogP contribution in [0.2, 0.25) is 0 Å². The number of aromatic nitrogens is 4. The first-order chi connectivity index (χ1) is 17.3. The number of hydrogen-bond acceptors (Lipinski definition) is 5. The van der Waals surface area contributed by atoms with E-state index in [9.17, 15) is 0 Å². The zero-order valence-corrected chi connectivity index (χ0v) is 19.6. The molecule has 1 saturated heterocycles. The number of likely N-dealkylation sites (tertiary alicyclic amines) is 1. The lowest BCUT2D eigenvalue weighted by Crippen LogP contribution is -2.38. The predicted molar refractivity (Wildman–Crippen MR) is 140 cm³/mol. The lowest BCUT2D eigenvalue weighted by molar-refractivity contribution is 0.211. The second-order valence-electron chi connectivity index (χ2n) is 9.06. The van der Waals surface area contributed by atoms with Crippen molar-refractivity contribution in [2.24, 2.45) is 0 Å². The Kier molecular flexibility index (Phi) is 5.95. The third-order valence-electron chi connectivity index (χ3n) is 6.64. The Morgan fingerprint density at radius 2 is 1.43 bits per heavy atom. The fraction of sp³-hybridized carbons (Fsp3) is 0.207. The second-order valence-corrected chi connectivity index (χ2v) is 9.06. The molecule has 0 amide bonds. The molecule has 0 spiro atoms. The molecule has 0 radical (unpaired) electrons. The quantitative estimate of drug-likeness (QED) is 0.360. The summed E-state index contributed by atoms with van der Waals surface area (Å²) in [7, 11) is 0. The van der Waals surface area contributed by atoms with Gasteiger partial charge in [-0.2, -0.15) is 0 Å². The van der Waals surface area contributed by atoms with E-state index in [2.05, 4.69) is 64.8 Å². The zero-order valence-electron chi connectivity index (χ0n) is 19.6. The molecule has 0 saturated carbocycles. The summed E-state index contributed by atoms with van der Waals surface area (Å²) in [6.45, 7) is 3.13. The number of para-hydroxylation sites is 1. The maximum Gasteiger partial charge on any atom is 0.170 e. The standard InChI is InChI=1S/C29H28N6/c1-4-10-22(11-5-1)20-34-18-16-24(17-19-34)31-28-26-29(33-27(32-28)23-12-6-2-7-13-23)35(21-30-26)25-14-8-3-9-15-25/h1-15,21,24H,16-20H2,(H,31,32,33). The molecule has 1 aliphatic heterocycles. The summed E-state index contributed by atoms with van der Waals surface area (Å²) in [6, 6.07) is 31.4. The van der Waals surface area contributed by atoms with Gasteiger partial charge in [-0.1, -0.05) is 78.9 Å². The van der Waals surface area contributed by atoms with Gasteiger partial charge in [-0.15, -0.1) is 0 Å². The lowest BCUT2D eigenvalue weighted by atomic mass is 10.0. The van der Waals surface area contributed by atoms with Crippen LogP contribution >= 0.6 is 0 Å². The third kappa shape index (κ3) is 4.66. The van der Waals surface area contributed by atoms with Gasteiger partial charge in [0.05, 0.1) is 0 Å². The molecule has 0 atom stereocenters. The topological polar surface area (TPSA) is 58.9 Å².